The van der Waals surface area contributed by atoms with Crippen LogP contribution in [0.2, 0.25) is 0 Å². The lowest BCUT2D eigenvalue weighted by Gasteiger charge is -2.20. The molecular weight excluding hydrogens is 219 g/mol. The Morgan fingerprint density at radius 3 is 2.71 bits per heavy atom. The molecular formula is C13H17FN2O. The molecule has 1 aliphatic carbocycles. The number of carbonyl (C=O) groups is 1. The zero-order valence-corrected chi connectivity index (χ0v) is 9.66. The monoisotopic (exact) mass is 236 g/mol. The van der Waals surface area contributed by atoms with E-state index in [4.69, 9.17) is 5.73 Å². The summed E-state index contributed by atoms with van der Waals surface area (Å²) in [6.07, 6.45) is 4.46. The van der Waals surface area contributed by atoms with Crippen molar-refractivity contribution in [2.45, 2.75) is 37.8 Å². The molecule has 1 saturated carbocycles. The van der Waals surface area contributed by atoms with E-state index in [9.17, 15) is 9.18 Å². The van der Waals surface area contributed by atoms with E-state index < -0.39 is 11.9 Å². The molecule has 92 valence electrons. The van der Waals surface area contributed by atoms with Crippen molar-refractivity contribution >= 4 is 5.91 Å². The molecule has 0 aromatic heterocycles. The van der Waals surface area contributed by atoms with Gasteiger partial charge in [-0.15, -0.1) is 0 Å². The molecule has 3 N–H and O–H groups in total. The van der Waals surface area contributed by atoms with Crippen LogP contribution in [0.15, 0.2) is 24.3 Å². The molecule has 0 radical (unpaired) electrons. The van der Waals surface area contributed by atoms with Crippen LogP contribution in [0.25, 0.3) is 0 Å². The molecule has 0 bridgehead atoms. The maximum Gasteiger partial charge on any atom is 0.239 e. The van der Waals surface area contributed by atoms with Gasteiger partial charge in [-0.25, -0.2) is 4.39 Å². The molecule has 3 nitrogen and oxygen atoms in total. The fourth-order valence-electron chi connectivity index (χ4n) is 2.36. The first kappa shape index (κ1) is 12.0. The van der Waals surface area contributed by atoms with E-state index >= 15 is 0 Å². The standard InChI is InChI=1S/C13H17FN2O/c14-10-5-3-4-9(8-10)12(13(15)17)16-11-6-1-2-7-11/h3-5,8,11-12,16H,1-2,6-7H2,(H2,15,17). The molecule has 0 aliphatic heterocycles. The van der Waals surface area contributed by atoms with E-state index in [2.05, 4.69) is 5.32 Å². The Hall–Kier alpha value is -1.42. The zero-order valence-electron chi connectivity index (χ0n) is 9.66. The number of primary amides is 1. The van der Waals surface area contributed by atoms with Crippen LogP contribution in [0, 0.1) is 5.82 Å². The SMILES string of the molecule is NC(=O)C(NC1CCCC1)c1cccc(F)c1. The van der Waals surface area contributed by atoms with E-state index in [0.717, 1.165) is 12.8 Å². The summed E-state index contributed by atoms with van der Waals surface area (Å²) >= 11 is 0. The zero-order chi connectivity index (χ0) is 12.3. The predicted octanol–water partition coefficient (Wildman–Crippen LogP) is 1.88. The molecule has 0 saturated heterocycles. The number of halogens is 1. The highest BCUT2D eigenvalue weighted by Gasteiger charge is 2.24. The first-order valence-electron chi connectivity index (χ1n) is 5.97. The molecule has 1 aromatic rings. The number of amides is 1. The summed E-state index contributed by atoms with van der Waals surface area (Å²) in [5, 5.41) is 3.22. The smallest absolute Gasteiger partial charge is 0.239 e. The van der Waals surface area contributed by atoms with Gasteiger partial charge in [-0.3, -0.25) is 10.1 Å². The van der Waals surface area contributed by atoms with Crippen LogP contribution in [0.3, 0.4) is 0 Å². The van der Waals surface area contributed by atoms with Gasteiger partial charge in [-0.2, -0.15) is 0 Å². The lowest BCUT2D eigenvalue weighted by Crippen LogP contribution is -2.38. The summed E-state index contributed by atoms with van der Waals surface area (Å²) in [6.45, 7) is 0. The maximum atomic E-state index is 13.1. The minimum absolute atomic E-state index is 0.316. The van der Waals surface area contributed by atoms with Crippen LogP contribution in [0.4, 0.5) is 4.39 Å². The number of rotatable bonds is 4. The Balaban J connectivity index is 2.13. The van der Waals surface area contributed by atoms with Gasteiger partial charge in [0.1, 0.15) is 11.9 Å². The highest BCUT2D eigenvalue weighted by atomic mass is 19.1. The van der Waals surface area contributed by atoms with Gasteiger partial charge in [-0.1, -0.05) is 25.0 Å². The number of carbonyl (C=O) groups excluding carboxylic acids is 1. The average molecular weight is 236 g/mol. The van der Waals surface area contributed by atoms with Crippen molar-refractivity contribution in [3.8, 4) is 0 Å². The van der Waals surface area contributed by atoms with Gasteiger partial charge >= 0.3 is 0 Å². The van der Waals surface area contributed by atoms with Crippen LogP contribution in [0.5, 0.6) is 0 Å². The van der Waals surface area contributed by atoms with Crippen molar-refractivity contribution in [2.24, 2.45) is 5.73 Å². The topological polar surface area (TPSA) is 55.1 Å². The van der Waals surface area contributed by atoms with Crippen LogP contribution < -0.4 is 11.1 Å². The van der Waals surface area contributed by atoms with E-state index in [-0.39, 0.29) is 5.82 Å². The minimum atomic E-state index is -0.589. The molecule has 1 unspecified atom stereocenters. The molecule has 1 atom stereocenters. The Labute approximate surface area is 100 Å². The second-order valence-corrected chi connectivity index (χ2v) is 4.54. The summed E-state index contributed by atoms with van der Waals surface area (Å²) < 4.78 is 13.1. The molecule has 1 amide bonds. The highest BCUT2D eigenvalue weighted by molar-refractivity contribution is 5.81. The number of hydrogen-bond acceptors (Lipinski definition) is 2. The lowest BCUT2D eigenvalue weighted by atomic mass is 10.0. The van der Waals surface area contributed by atoms with Crippen molar-refractivity contribution in [1.82, 2.24) is 5.32 Å². The van der Waals surface area contributed by atoms with Crippen LogP contribution in [0.1, 0.15) is 37.3 Å². The van der Waals surface area contributed by atoms with Crippen molar-refractivity contribution in [2.75, 3.05) is 0 Å². The molecule has 17 heavy (non-hydrogen) atoms. The Morgan fingerprint density at radius 1 is 1.41 bits per heavy atom. The first-order valence-corrected chi connectivity index (χ1v) is 5.97. The predicted molar refractivity (Wildman–Crippen MR) is 63.7 cm³/mol. The summed E-state index contributed by atoms with van der Waals surface area (Å²) in [6, 6.07) is 5.76. The second kappa shape index (κ2) is 5.27. The van der Waals surface area contributed by atoms with Gasteiger partial charge < -0.3 is 5.73 Å². The largest absolute Gasteiger partial charge is 0.368 e. The quantitative estimate of drug-likeness (QED) is 0.838. The summed E-state index contributed by atoms with van der Waals surface area (Å²) in [4.78, 5) is 11.4. The van der Waals surface area contributed by atoms with Crippen molar-refractivity contribution in [1.29, 1.82) is 0 Å². The third-order valence-corrected chi connectivity index (χ3v) is 3.22. The summed E-state index contributed by atoms with van der Waals surface area (Å²) in [5.41, 5.74) is 5.97. The Bertz CT molecular complexity index is 402. The van der Waals surface area contributed by atoms with Gasteiger partial charge in [0.05, 0.1) is 0 Å². The second-order valence-electron chi connectivity index (χ2n) is 4.54. The molecule has 1 aliphatic rings. The van der Waals surface area contributed by atoms with Gasteiger partial charge in [0.15, 0.2) is 0 Å². The first-order chi connectivity index (χ1) is 8.16. The van der Waals surface area contributed by atoms with Gasteiger partial charge in [-0.05, 0) is 30.5 Å². The fourth-order valence-corrected chi connectivity index (χ4v) is 2.36. The molecule has 0 spiro atoms. The number of nitrogens with two attached hydrogens (primary N) is 1. The van der Waals surface area contributed by atoms with Crippen molar-refractivity contribution < 1.29 is 9.18 Å². The number of hydrogen-bond donors (Lipinski definition) is 2. The van der Waals surface area contributed by atoms with E-state index in [1.54, 1.807) is 12.1 Å². The van der Waals surface area contributed by atoms with Crippen molar-refractivity contribution in [3.05, 3.63) is 35.6 Å². The highest BCUT2D eigenvalue weighted by Crippen LogP contribution is 2.22. The Morgan fingerprint density at radius 2 is 2.12 bits per heavy atom. The van der Waals surface area contributed by atoms with E-state index in [1.165, 1.54) is 25.0 Å². The third-order valence-electron chi connectivity index (χ3n) is 3.22. The number of benzene rings is 1. The molecule has 0 heterocycles. The minimum Gasteiger partial charge on any atom is -0.368 e. The van der Waals surface area contributed by atoms with Crippen LogP contribution >= 0.6 is 0 Å². The average Bonchev–Trinajstić information content (AvgIpc) is 2.78. The number of nitrogens with one attached hydrogen (secondary N) is 1. The van der Waals surface area contributed by atoms with E-state index in [0.29, 0.717) is 11.6 Å². The summed E-state index contributed by atoms with van der Waals surface area (Å²) in [5.74, 6) is -0.801. The van der Waals surface area contributed by atoms with Crippen LogP contribution in [-0.2, 0) is 4.79 Å². The van der Waals surface area contributed by atoms with Gasteiger partial charge in [0, 0.05) is 6.04 Å². The van der Waals surface area contributed by atoms with Crippen LogP contribution in [-0.4, -0.2) is 11.9 Å². The normalized spacial score (nSPS) is 18.2. The maximum absolute atomic E-state index is 13.1. The molecule has 1 aromatic carbocycles. The summed E-state index contributed by atoms with van der Waals surface area (Å²) in [7, 11) is 0. The third kappa shape index (κ3) is 3.03. The van der Waals surface area contributed by atoms with Crippen molar-refractivity contribution in [3.63, 3.8) is 0 Å². The molecule has 4 heteroatoms. The fraction of sp³-hybridized carbons (Fsp3) is 0.462. The molecule has 1 fully saturated rings. The Kier molecular flexibility index (Phi) is 3.74. The van der Waals surface area contributed by atoms with Gasteiger partial charge in [0.2, 0.25) is 5.91 Å². The molecule has 2 rings (SSSR count). The van der Waals surface area contributed by atoms with E-state index in [1.807, 2.05) is 0 Å². The lowest BCUT2D eigenvalue weighted by molar-refractivity contribution is -0.120. The van der Waals surface area contributed by atoms with Gasteiger partial charge in [0.25, 0.3) is 0 Å².